The van der Waals surface area contributed by atoms with Crippen LogP contribution in [0.2, 0.25) is 0 Å². The highest BCUT2D eigenvalue weighted by Gasteiger charge is 2.21. The van der Waals surface area contributed by atoms with Crippen molar-refractivity contribution in [2.24, 2.45) is 5.92 Å². The molecule has 0 nitrogen and oxygen atoms in total. The van der Waals surface area contributed by atoms with Crippen LogP contribution < -0.4 is 0 Å². The predicted molar refractivity (Wildman–Crippen MR) is 109 cm³/mol. The van der Waals surface area contributed by atoms with Crippen LogP contribution in [0.15, 0.2) is 60.7 Å². The van der Waals surface area contributed by atoms with Crippen LogP contribution in [0.3, 0.4) is 0 Å². The number of fused-ring (bicyclic) bond motifs is 1. The Morgan fingerprint density at radius 3 is 2.44 bits per heavy atom. The minimum Gasteiger partial charge on any atom is -0.0761 e. The highest BCUT2D eigenvalue weighted by atomic mass is 14.3. The van der Waals surface area contributed by atoms with Gasteiger partial charge in [0.25, 0.3) is 0 Å². The summed E-state index contributed by atoms with van der Waals surface area (Å²) >= 11 is 0. The molecule has 0 aliphatic heterocycles. The Hall–Kier alpha value is -2.34. The van der Waals surface area contributed by atoms with Crippen LogP contribution in [-0.4, -0.2) is 0 Å². The Labute approximate surface area is 151 Å². The summed E-state index contributed by atoms with van der Waals surface area (Å²) in [6.45, 7) is 6.82. The van der Waals surface area contributed by atoms with Gasteiger partial charge in [0.2, 0.25) is 0 Å². The molecule has 2 aromatic rings. The summed E-state index contributed by atoms with van der Waals surface area (Å²) in [7, 11) is 0. The van der Waals surface area contributed by atoms with Crippen molar-refractivity contribution in [3.05, 3.63) is 88.5 Å². The summed E-state index contributed by atoms with van der Waals surface area (Å²) in [4.78, 5) is 0. The third-order valence-corrected chi connectivity index (χ3v) is 5.59. The minimum atomic E-state index is 0.576. The predicted octanol–water partition coefficient (Wildman–Crippen LogP) is 6.89. The van der Waals surface area contributed by atoms with Gasteiger partial charge in [0, 0.05) is 5.92 Å². The smallest absolute Gasteiger partial charge is 0.00502 e. The number of aryl methyl sites for hydroxylation is 1. The summed E-state index contributed by atoms with van der Waals surface area (Å²) in [5, 5.41) is 0. The standard InChI is InChI=1S/C25H26/c1-4-18-6-5-7-19(14-18)20-8-9-21(15-20)22-10-13-25-23(16-22)11-12-24(25)17(2)3/h5-14,16-17,24H,4,15H2,1-3H3. The van der Waals surface area contributed by atoms with Crippen molar-refractivity contribution in [2.45, 2.75) is 39.5 Å². The molecule has 0 aromatic heterocycles. The lowest BCUT2D eigenvalue weighted by molar-refractivity contribution is 0.584. The second-order valence-corrected chi connectivity index (χ2v) is 7.59. The molecule has 2 aliphatic rings. The fourth-order valence-electron chi connectivity index (χ4n) is 4.03. The molecule has 126 valence electrons. The Morgan fingerprint density at radius 2 is 1.72 bits per heavy atom. The number of allylic oxidation sites excluding steroid dienone is 5. The van der Waals surface area contributed by atoms with Crippen LogP contribution in [-0.2, 0) is 6.42 Å². The first kappa shape index (κ1) is 16.1. The van der Waals surface area contributed by atoms with E-state index in [0.29, 0.717) is 11.8 Å². The van der Waals surface area contributed by atoms with E-state index in [4.69, 9.17) is 0 Å². The number of benzene rings is 2. The van der Waals surface area contributed by atoms with Crippen molar-refractivity contribution in [1.29, 1.82) is 0 Å². The third-order valence-electron chi connectivity index (χ3n) is 5.59. The van der Waals surface area contributed by atoms with Crippen molar-refractivity contribution < 1.29 is 0 Å². The normalized spacial score (nSPS) is 18.5. The quantitative estimate of drug-likeness (QED) is 0.574. The van der Waals surface area contributed by atoms with Gasteiger partial charge >= 0.3 is 0 Å². The first-order chi connectivity index (χ1) is 12.2. The largest absolute Gasteiger partial charge is 0.0761 e. The zero-order valence-electron chi connectivity index (χ0n) is 15.4. The molecule has 1 atom stereocenters. The van der Waals surface area contributed by atoms with Crippen molar-refractivity contribution in [1.82, 2.24) is 0 Å². The topological polar surface area (TPSA) is 0 Å². The molecule has 0 saturated heterocycles. The Morgan fingerprint density at radius 1 is 0.960 bits per heavy atom. The van der Waals surface area contributed by atoms with Gasteiger partial charge in [-0.15, -0.1) is 0 Å². The molecule has 1 unspecified atom stereocenters. The molecule has 0 heterocycles. The van der Waals surface area contributed by atoms with Crippen molar-refractivity contribution in [3.8, 4) is 0 Å². The molecule has 0 radical (unpaired) electrons. The molecule has 0 heteroatoms. The summed E-state index contributed by atoms with van der Waals surface area (Å²) in [6.07, 6.45) is 11.4. The van der Waals surface area contributed by atoms with Gasteiger partial charge in [-0.05, 0) is 63.8 Å². The van der Waals surface area contributed by atoms with Gasteiger partial charge in [0.1, 0.15) is 0 Å². The lowest BCUT2D eigenvalue weighted by Gasteiger charge is -2.16. The van der Waals surface area contributed by atoms with Gasteiger partial charge in [-0.3, -0.25) is 0 Å². The van der Waals surface area contributed by atoms with Crippen LogP contribution in [0.25, 0.3) is 17.2 Å². The van der Waals surface area contributed by atoms with Crippen molar-refractivity contribution >= 4 is 17.2 Å². The van der Waals surface area contributed by atoms with Crippen LogP contribution in [0, 0.1) is 5.92 Å². The van der Waals surface area contributed by atoms with E-state index < -0.39 is 0 Å². The first-order valence-corrected chi connectivity index (χ1v) is 9.47. The second kappa shape index (κ2) is 6.52. The SMILES string of the molecule is CCc1cccc(C2=CC=C(c3ccc4c(c3)C=CC4C(C)C)C2)c1. The summed E-state index contributed by atoms with van der Waals surface area (Å²) in [6, 6.07) is 16.0. The maximum atomic E-state index is 2.37. The molecule has 0 spiro atoms. The third kappa shape index (κ3) is 3.02. The number of rotatable bonds is 4. The molecule has 2 aliphatic carbocycles. The molecule has 0 fully saturated rings. The molecule has 0 saturated carbocycles. The second-order valence-electron chi connectivity index (χ2n) is 7.59. The van der Waals surface area contributed by atoms with Crippen molar-refractivity contribution in [3.63, 3.8) is 0 Å². The summed E-state index contributed by atoms with van der Waals surface area (Å²) in [5.74, 6) is 1.24. The molecule has 2 aromatic carbocycles. The average molecular weight is 326 g/mol. The Kier molecular flexibility index (Phi) is 4.21. The molecule has 4 rings (SSSR count). The highest BCUT2D eigenvalue weighted by molar-refractivity contribution is 5.87. The molecule has 0 N–H and O–H groups in total. The van der Waals surface area contributed by atoms with E-state index in [1.807, 2.05) is 0 Å². The minimum absolute atomic E-state index is 0.576. The lowest BCUT2D eigenvalue weighted by Crippen LogP contribution is -2.01. The van der Waals surface area contributed by atoms with Gasteiger partial charge in [-0.1, -0.05) is 81.5 Å². The van der Waals surface area contributed by atoms with Crippen LogP contribution in [0.1, 0.15) is 60.9 Å². The van der Waals surface area contributed by atoms with E-state index in [9.17, 15) is 0 Å². The fraction of sp³-hybridized carbons (Fsp3) is 0.280. The Bertz CT molecular complexity index is 890. The highest BCUT2D eigenvalue weighted by Crippen LogP contribution is 2.39. The van der Waals surface area contributed by atoms with Gasteiger partial charge in [0.05, 0.1) is 0 Å². The molecular weight excluding hydrogens is 300 g/mol. The molecule has 0 bridgehead atoms. The monoisotopic (exact) mass is 326 g/mol. The molecule has 25 heavy (non-hydrogen) atoms. The lowest BCUT2D eigenvalue weighted by atomic mass is 9.89. The van der Waals surface area contributed by atoms with Crippen LogP contribution >= 0.6 is 0 Å². The summed E-state index contributed by atoms with van der Waals surface area (Å²) < 4.78 is 0. The van der Waals surface area contributed by atoms with Gasteiger partial charge < -0.3 is 0 Å². The zero-order valence-corrected chi connectivity index (χ0v) is 15.4. The van der Waals surface area contributed by atoms with Gasteiger partial charge in [-0.2, -0.15) is 0 Å². The van der Waals surface area contributed by atoms with Crippen molar-refractivity contribution in [2.75, 3.05) is 0 Å². The van der Waals surface area contributed by atoms with Crippen LogP contribution in [0.5, 0.6) is 0 Å². The van der Waals surface area contributed by atoms with Gasteiger partial charge in [0.15, 0.2) is 0 Å². The first-order valence-electron chi connectivity index (χ1n) is 9.47. The maximum Gasteiger partial charge on any atom is 0.00502 e. The van der Waals surface area contributed by atoms with E-state index in [2.05, 4.69) is 87.5 Å². The van der Waals surface area contributed by atoms with E-state index in [-0.39, 0.29) is 0 Å². The number of hydrogen-bond acceptors (Lipinski definition) is 0. The molecule has 0 amide bonds. The average Bonchev–Trinajstić information content (AvgIpc) is 3.28. The Balaban J connectivity index is 1.55. The fourth-order valence-corrected chi connectivity index (χ4v) is 4.03. The van der Waals surface area contributed by atoms with E-state index in [1.54, 1.807) is 0 Å². The molecular formula is C25H26. The van der Waals surface area contributed by atoms with E-state index in [1.165, 1.54) is 39.0 Å². The van der Waals surface area contributed by atoms with Gasteiger partial charge in [-0.25, -0.2) is 0 Å². The number of hydrogen-bond donors (Lipinski definition) is 0. The maximum absolute atomic E-state index is 2.37. The van der Waals surface area contributed by atoms with E-state index in [0.717, 1.165) is 12.8 Å². The zero-order chi connectivity index (χ0) is 17.4. The van der Waals surface area contributed by atoms with Crippen LogP contribution in [0.4, 0.5) is 0 Å². The summed E-state index contributed by atoms with van der Waals surface area (Å²) in [5.41, 5.74) is 9.90. The van der Waals surface area contributed by atoms with E-state index >= 15 is 0 Å².